The monoisotopic (exact) mass is 327 g/mol. The Morgan fingerprint density at radius 2 is 1.91 bits per heavy atom. The van der Waals surface area contributed by atoms with Crippen molar-refractivity contribution in [3.05, 3.63) is 0 Å². The first kappa shape index (κ1) is 18.5. The second-order valence-corrected chi connectivity index (χ2v) is 8.09. The number of hydrogen-bond donors (Lipinski definition) is 2. The van der Waals surface area contributed by atoms with Crippen LogP contribution >= 0.6 is 0 Å². The topological polar surface area (TPSA) is 65.0 Å². The Bertz CT molecular complexity index is 417. The lowest BCUT2D eigenvalue weighted by Gasteiger charge is -2.37. The van der Waals surface area contributed by atoms with Gasteiger partial charge in [-0.25, -0.2) is 4.79 Å². The highest BCUT2D eigenvalue weighted by atomic mass is 16.5. The van der Waals surface area contributed by atoms with Crippen LogP contribution < -0.4 is 5.32 Å². The SMILES string of the molecule is CN(CCO)C1CCN(C(=O)N[C@@H]2CC(C)(C)OC2(C)C)CC1. The van der Waals surface area contributed by atoms with E-state index in [4.69, 9.17) is 9.84 Å². The zero-order valence-electron chi connectivity index (χ0n) is 15.3. The fourth-order valence-electron chi connectivity index (χ4n) is 3.88. The molecule has 0 radical (unpaired) electrons. The Morgan fingerprint density at radius 1 is 1.30 bits per heavy atom. The number of ether oxygens (including phenoxy) is 1. The molecule has 134 valence electrons. The number of nitrogens with zero attached hydrogens (tertiary/aromatic N) is 2. The molecule has 0 aromatic rings. The third-order valence-electron chi connectivity index (χ3n) is 5.20. The molecule has 2 N–H and O–H groups in total. The van der Waals surface area contributed by atoms with Crippen molar-refractivity contribution in [2.45, 2.75) is 70.2 Å². The Hall–Kier alpha value is -0.850. The van der Waals surface area contributed by atoms with Gasteiger partial charge >= 0.3 is 6.03 Å². The van der Waals surface area contributed by atoms with Crippen LogP contribution in [-0.2, 0) is 4.74 Å². The Kier molecular flexibility index (Phi) is 5.59. The average Bonchev–Trinajstić information content (AvgIpc) is 2.66. The van der Waals surface area contributed by atoms with E-state index in [0.29, 0.717) is 12.6 Å². The molecule has 6 heteroatoms. The number of rotatable bonds is 4. The van der Waals surface area contributed by atoms with Crippen LogP contribution in [0.2, 0.25) is 0 Å². The number of likely N-dealkylation sites (tertiary alicyclic amines) is 1. The molecule has 0 aromatic heterocycles. The molecule has 2 heterocycles. The third-order valence-corrected chi connectivity index (χ3v) is 5.20. The molecule has 23 heavy (non-hydrogen) atoms. The summed E-state index contributed by atoms with van der Waals surface area (Å²) in [6.45, 7) is 10.6. The minimum absolute atomic E-state index is 0.0210. The molecular weight excluding hydrogens is 294 g/mol. The number of aliphatic hydroxyl groups is 1. The molecule has 2 aliphatic rings. The van der Waals surface area contributed by atoms with Crippen LogP contribution in [0, 0.1) is 0 Å². The van der Waals surface area contributed by atoms with E-state index < -0.39 is 0 Å². The number of piperidine rings is 1. The number of amides is 2. The van der Waals surface area contributed by atoms with E-state index in [9.17, 15) is 4.79 Å². The minimum atomic E-state index is -0.334. The maximum Gasteiger partial charge on any atom is 0.317 e. The number of carbonyl (C=O) groups is 1. The number of likely N-dealkylation sites (N-methyl/N-ethyl adjacent to an activating group) is 1. The van der Waals surface area contributed by atoms with Gasteiger partial charge in [-0.3, -0.25) is 0 Å². The first-order valence-electron chi connectivity index (χ1n) is 8.71. The highest BCUT2D eigenvalue weighted by Gasteiger charge is 2.46. The first-order chi connectivity index (χ1) is 10.6. The molecule has 2 amide bonds. The lowest BCUT2D eigenvalue weighted by molar-refractivity contribution is -0.0693. The lowest BCUT2D eigenvalue weighted by Crippen LogP contribution is -2.54. The van der Waals surface area contributed by atoms with Crippen LogP contribution in [0.5, 0.6) is 0 Å². The number of hydrogen-bond acceptors (Lipinski definition) is 4. The maximum atomic E-state index is 12.6. The van der Waals surface area contributed by atoms with Crippen molar-refractivity contribution in [1.82, 2.24) is 15.1 Å². The number of nitrogens with one attached hydrogen (secondary N) is 1. The largest absolute Gasteiger partial charge is 0.395 e. The fourth-order valence-corrected chi connectivity index (χ4v) is 3.88. The van der Waals surface area contributed by atoms with E-state index in [1.807, 2.05) is 25.8 Å². The van der Waals surface area contributed by atoms with Gasteiger partial charge in [0.05, 0.1) is 23.9 Å². The molecule has 1 atom stereocenters. The Balaban J connectivity index is 1.84. The highest BCUT2D eigenvalue weighted by Crippen LogP contribution is 2.37. The summed E-state index contributed by atoms with van der Waals surface area (Å²) >= 11 is 0. The molecule has 2 saturated heterocycles. The van der Waals surface area contributed by atoms with Gasteiger partial charge < -0.3 is 25.0 Å². The van der Waals surface area contributed by atoms with Crippen LogP contribution in [0.25, 0.3) is 0 Å². The van der Waals surface area contributed by atoms with Gasteiger partial charge in [0.2, 0.25) is 0 Å². The van der Waals surface area contributed by atoms with Crippen molar-refractivity contribution < 1.29 is 14.6 Å². The predicted molar refractivity (Wildman–Crippen MR) is 90.5 cm³/mol. The van der Waals surface area contributed by atoms with Crippen LogP contribution in [0.15, 0.2) is 0 Å². The second-order valence-electron chi connectivity index (χ2n) is 8.09. The van der Waals surface area contributed by atoms with Gasteiger partial charge in [-0.1, -0.05) is 0 Å². The van der Waals surface area contributed by atoms with E-state index in [2.05, 4.69) is 24.1 Å². The molecule has 0 bridgehead atoms. The molecule has 2 fully saturated rings. The number of carbonyl (C=O) groups excluding carboxylic acids is 1. The number of aliphatic hydroxyl groups excluding tert-OH is 1. The molecule has 0 saturated carbocycles. The molecule has 6 nitrogen and oxygen atoms in total. The summed E-state index contributed by atoms with van der Waals surface area (Å²) in [5.74, 6) is 0. The van der Waals surface area contributed by atoms with Gasteiger partial charge in [-0.15, -0.1) is 0 Å². The fraction of sp³-hybridized carbons (Fsp3) is 0.941. The molecular formula is C17H33N3O3. The standard InChI is InChI=1S/C17H33N3O3/c1-16(2)12-14(17(3,4)23-16)18-15(22)20-8-6-13(7-9-20)19(5)10-11-21/h13-14,21H,6-12H2,1-5H3,(H,18,22)/t14-/m1/s1. The Labute approximate surface area is 140 Å². The van der Waals surface area contributed by atoms with Crippen LogP contribution in [0.1, 0.15) is 47.0 Å². The summed E-state index contributed by atoms with van der Waals surface area (Å²) in [6, 6.07) is 0.517. The zero-order chi connectivity index (χ0) is 17.3. The van der Waals surface area contributed by atoms with Crippen LogP contribution in [-0.4, -0.2) is 77.5 Å². The lowest BCUT2D eigenvalue weighted by atomic mass is 9.94. The Morgan fingerprint density at radius 3 is 2.39 bits per heavy atom. The van der Waals surface area contributed by atoms with E-state index in [0.717, 1.165) is 32.4 Å². The van der Waals surface area contributed by atoms with Crippen molar-refractivity contribution in [2.24, 2.45) is 0 Å². The zero-order valence-corrected chi connectivity index (χ0v) is 15.3. The smallest absolute Gasteiger partial charge is 0.317 e. The van der Waals surface area contributed by atoms with Crippen LogP contribution in [0.4, 0.5) is 4.79 Å². The quantitative estimate of drug-likeness (QED) is 0.820. The van der Waals surface area contributed by atoms with Crippen molar-refractivity contribution in [2.75, 3.05) is 33.3 Å². The first-order valence-corrected chi connectivity index (χ1v) is 8.71. The van der Waals surface area contributed by atoms with Gasteiger partial charge in [0, 0.05) is 25.7 Å². The summed E-state index contributed by atoms with van der Waals surface area (Å²) < 4.78 is 6.05. The van der Waals surface area contributed by atoms with Crippen molar-refractivity contribution >= 4 is 6.03 Å². The minimum Gasteiger partial charge on any atom is -0.395 e. The second kappa shape index (κ2) is 6.95. The average molecular weight is 327 g/mol. The van der Waals surface area contributed by atoms with Crippen molar-refractivity contribution in [3.63, 3.8) is 0 Å². The molecule has 0 unspecified atom stereocenters. The van der Waals surface area contributed by atoms with E-state index in [1.165, 1.54) is 0 Å². The number of urea groups is 1. The van der Waals surface area contributed by atoms with Crippen LogP contribution in [0.3, 0.4) is 0 Å². The molecule has 0 aliphatic carbocycles. The highest BCUT2D eigenvalue weighted by molar-refractivity contribution is 5.74. The maximum absolute atomic E-state index is 12.6. The molecule has 2 rings (SSSR count). The summed E-state index contributed by atoms with van der Waals surface area (Å²) in [5.41, 5.74) is -0.528. The third kappa shape index (κ3) is 4.58. The van der Waals surface area contributed by atoms with Gasteiger partial charge in [0.1, 0.15) is 0 Å². The van der Waals surface area contributed by atoms with Gasteiger partial charge in [0.15, 0.2) is 0 Å². The molecule has 0 spiro atoms. The van der Waals surface area contributed by atoms with Crippen molar-refractivity contribution in [3.8, 4) is 0 Å². The molecule has 0 aromatic carbocycles. The van der Waals surface area contributed by atoms with E-state index >= 15 is 0 Å². The summed E-state index contributed by atoms with van der Waals surface area (Å²) in [7, 11) is 2.04. The van der Waals surface area contributed by atoms with Gasteiger partial charge in [-0.2, -0.15) is 0 Å². The summed E-state index contributed by atoms with van der Waals surface area (Å²) in [5, 5.41) is 12.2. The summed E-state index contributed by atoms with van der Waals surface area (Å²) in [4.78, 5) is 16.7. The van der Waals surface area contributed by atoms with E-state index in [-0.39, 0.29) is 29.9 Å². The van der Waals surface area contributed by atoms with Gasteiger partial charge in [0.25, 0.3) is 0 Å². The summed E-state index contributed by atoms with van der Waals surface area (Å²) in [6.07, 6.45) is 2.75. The molecule has 2 aliphatic heterocycles. The van der Waals surface area contributed by atoms with Crippen molar-refractivity contribution in [1.29, 1.82) is 0 Å². The predicted octanol–water partition coefficient (Wildman–Crippen LogP) is 1.43. The normalized spacial score (nSPS) is 27.4. The van der Waals surface area contributed by atoms with E-state index in [1.54, 1.807) is 0 Å². The van der Waals surface area contributed by atoms with Gasteiger partial charge in [-0.05, 0) is 54.0 Å².